The van der Waals surface area contributed by atoms with Gasteiger partial charge in [0.05, 0.1) is 13.1 Å². The Balaban J connectivity index is 2.80. The molecule has 1 rings (SSSR count). The summed E-state index contributed by atoms with van der Waals surface area (Å²) < 4.78 is 12.5. The van der Waals surface area contributed by atoms with Gasteiger partial charge < -0.3 is 4.90 Å². The molecule has 0 aliphatic carbocycles. The molecule has 0 fully saturated rings. The highest BCUT2D eigenvalue weighted by Gasteiger charge is 2.05. The van der Waals surface area contributed by atoms with Gasteiger partial charge in [-0.25, -0.2) is 4.39 Å². The lowest BCUT2D eigenvalue weighted by Gasteiger charge is -2.14. The van der Waals surface area contributed by atoms with Crippen LogP contribution in [0, 0.1) is 5.82 Å². The molecular weight excluding hydrogens is 153 g/mol. The zero-order chi connectivity index (χ0) is 8.97. The van der Waals surface area contributed by atoms with Gasteiger partial charge in [0.2, 0.25) is 0 Å². The van der Waals surface area contributed by atoms with E-state index in [1.165, 1.54) is 22.7 Å². The van der Waals surface area contributed by atoms with Gasteiger partial charge in [0.15, 0.2) is 0 Å². The van der Waals surface area contributed by atoms with Crippen molar-refractivity contribution in [2.75, 3.05) is 13.1 Å². The molecule has 0 heterocycles. The second kappa shape index (κ2) is 4.21. The zero-order valence-electron chi connectivity index (χ0n) is 7.60. The van der Waals surface area contributed by atoms with E-state index in [1.54, 1.807) is 0 Å². The maximum atomic E-state index is 12.5. The first-order chi connectivity index (χ1) is 5.77. The molecule has 0 aliphatic heterocycles. The van der Waals surface area contributed by atoms with Gasteiger partial charge in [0.25, 0.3) is 0 Å². The monoisotopic (exact) mass is 168 g/mol. The number of rotatable bonds is 3. The molecule has 0 bridgehead atoms. The summed E-state index contributed by atoms with van der Waals surface area (Å²) in [7, 11) is 0. The molecule has 0 radical (unpaired) electrons. The summed E-state index contributed by atoms with van der Waals surface area (Å²) in [6.07, 6.45) is 0. The predicted octanol–water partition coefficient (Wildman–Crippen LogP) is 1.38. The lowest BCUT2D eigenvalue weighted by molar-refractivity contribution is -0.828. The van der Waals surface area contributed by atoms with Crippen LogP contribution in [0.15, 0.2) is 24.3 Å². The molecule has 2 heteroatoms. The SMILES string of the molecule is CC[NH+](CC)c1ccc(F)cc1. The highest BCUT2D eigenvalue weighted by Crippen LogP contribution is 2.02. The zero-order valence-corrected chi connectivity index (χ0v) is 7.60. The quantitative estimate of drug-likeness (QED) is 0.695. The van der Waals surface area contributed by atoms with Gasteiger partial charge >= 0.3 is 0 Å². The van der Waals surface area contributed by atoms with Crippen LogP contribution in [0.1, 0.15) is 13.8 Å². The molecule has 0 spiro atoms. The lowest BCUT2D eigenvalue weighted by Crippen LogP contribution is -3.06. The minimum absolute atomic E-state index is 0.162. The molecule has 0 unspecified atom stereocenters. The summed E-state index contributed by atoms with van der Waals surface area (Å²) in [4.78, 5) is 1.38. The molecule has 0 amide bonds. The molecule has 0 aromatic heterocycles. The van der Waals surface area contributed by atoms with Crippen LogP contribution in [-0.2, 0) is 0 Å². The van der Waals surface area contributed by atoms with Crippen molar-refractivity contribution in [3.63, 3.8) is 0 Å². The third kappa shape index (κ3) is 2.05. The minimum Gasteiger partial charge on any atom is -0.303 e. The Labute approximate surface area is 72.8 Å². The predicted molar refractivity (Wildman–Crippen MR) is 48.1 cm³/mol. The van der Waals surface area contributed by atoms with Crippen molar-refractivity contribution in [2.45, 2.75) is 13.8 Å². The van der Waals surface area contributed by atoms with Crippen LogP contribution in [0.2, 0.25) is 0 Å². The summed E-state index contributed by atoms with van der Waals surface area (Å²) >= 11 is 0. The second-order valence-corrected chi connectivity index (χ2v) is 2.82. The number of hydrogen-bond acceptors (Lipinski definition) is 0. The minimum atomic E-state index is -0.162. The third-order valence-electron chi connectivity index (χ3n) is 2.11. The fraction of sp³-hybridized carbons (Fsp3) is 0.400. The summed E-state index contributed by atoms with van der Waals surface area (Å²) in [5.41, 5.74) is 1.17. The number of benzene rings is 1. The maximum absolute atomic E-state index is 12.5. The third-order valence-corrected chi connectivity index (χ3v) is 2.11. The van der Waals surface area contributed by atoms with Crippen LogP contribution < -0.4 is 4.90 Å². The van der Waals surface area contributed by atoms with Crippen LogP contribution in [0.5, 0.6) is 0 Å². The van der Waals surface area contributed by atoms with Crippen molar-refractivity contribution in [1.29, 1.82) is 0 Å². The van der Waals surface area contributed by atoms with Gasteiger partial charge in [-0.3, -0.25) is 0 Å². The van der Waals surface area contributed by atoms with Crippen molar-refractivity contribution < 1.29 is 9.29 Å². The van der Waals surface area contributed by atoms with E-state index in [9.17, 15) is 4.39 Å². The largest absolute Gasteiger partial charge is 0.303 e. The first-order valence-electron chi connectivity index (χ1n) is 4.38. The van der Waals surface area contributed by atoms with Gasteiger partial charge in [0.1, 0.15) is 11.5 Å². The first-order valence-corrected chi connectivity index (χ1v) is 4.38. The molecule has 0 saturated carbocycles. The summed E-state index contributed by atoms with van der Waals surface area (Å²) in [6, 6.07) is 6.72. The number of quaternary nitrogens is 1. The van der Waals surface area contributed by atoms with Crippen molar-refractivity contribution in [1.82, 2.24) is 0 Å². The highest BCUT2D eigenvalue weighted by atomic mass is 19.1. The van der Waals surface area contributed by atoms with Crippen LogP contribution >= 0.6 is 0 Å². The maximum Gasteiger partial charge on any atom is 0.131 e. The normalized spacial score (nSPS) is 10.7. The van der Waals surface area contributed by atoms with E-state index in [-0.39, 0.29) is 5.82 Å². The van der Waals surface area contributed by atoms with E-state index < -0.39 is 0 Å². The molecule has 1 N–H and O–H groups in total. The standard InChI is InChI=1S/C10H14FN/c1-3-12(4-2)10-7-5-9(11)6-8-10/h5-8H,3-4H2,1-2H3/p+1. The van der Waals surface area contributed by atoms with E-state index in [0.29, 0.717) is 0 Å². The summed E-state index contributed by atoms with van der Waals surface area (Å²) in [6.45, 7) is 6.34. The smallest absolute Gasteiger partial charge is 0.131 e. The molecule has 1 nitrogen and oxygen atoms in total. The number of halogens is 1. The van der Waals surface area contributed by atoms with Crippen LogP contribution in [0.4, 0.5) is 10.1 Å². The molecule has 66 valence electrons. The van der Waals surface area contributed by atoms with Gasteiger partial charge in [-0.2, -0.15) is 0 Å². The molecule has 1 aromatic rings. The van der Waals surface area contributed by atoms with Gasteiger partial charge in [0, 0.05) is 12.1 Å². The van der Waals surface area contributed by atoms with E-state index >= 15 is 0 Å². The van der Waals surface area contributed by atoms with Gasteiger partial charge in [-0.15, -0.1) is 0 Å². The fourth-order valence-electron chi connectivity index (χ4n) is 1.34. The van der Waals surface area contributed by atoms with E-state index in [2.05, 4.69) is 13.8 Å². The highest BCUT2D eigenvalue weighted by molar-refractivity contribution is 5.28. The van der Waals surface area contributed by atoms with Gasteiger partial charge in [-0.1, -0.05) is 0 Å². The lowest BCUT2D eigenvalue weighted by atomic mass is 10.3. The first kappa shape index (κ1) is 9.20. The Hall–Kier alpha value is -0.890. The molecule has 1 aromatic carbocycles. The van der Waals surface area contributed by atoms with Crippen molar-refractivity contribution in [3.05, 3.63) is 30.1 Å². The number of nitrogens with one attached hydrogen (secondary N) is 1. The van der Waals surface area contributed by atoms with Crippen LogP contribution in [0.3, 0.4) is 0 Å². The Bertz CT molecular complexity index is 226. The molecular formula is C10H15FN+. The summed E-state index contributed by atoms with van der Waals surface area (Å²) in [5.74, 6) is -0.162. The Kier molecular flexibility index (Phi) is 3.23. The molecule has 0 atom stereocenters. The Morgan fingerprint density at radius 1 is 1.08 bits per heavy atom. The molecule has 12 heavy (non-hydrogen) atoms. The number of hydrogen-bond donors (Lipinski definition) is 1. The van der Waals surface area contributed by atoms with Crippen molar-refractivity contribution in [3.8, 4) is 0 Å². The van der Waals surface area contributed by atoms with E-state index in [0.717, 1.165) is 13.1 Å². The average molecular weight is 168 g/mol. The van der Waals surface area contributed by atoms with Crippen molar-refractivity contribution in [2.24, 2.45) is 0 Å². The van der Waals surface area contributed by atoms with E-state index in [1.807, 2.05) is 12.1 Å². The topological polar surface area (TPSA) is 4.44 Å². The summed E-state index contributed by atoms with van der Waals surface area (Å²) in [5, 5.41) is 0. The second-order valence-electron chi connectivity index (χ2n) is 2.82. The Morgan fingerprint density at radius 2 is 1.58 bits per heavy atom. The fourth-order valence-corrected chi connectivity index (χ4v) is 1.34. The van der Waals surface area contributed by atoms with Gasteiger partial charge in [-0.05, 0) is 26.0 Å². The average Bonchev–Trinajstić information content (AvgIpc) is 2.10. The van der Waals surface area contributed by atoms with Crippen LogP contribution in [-0.4, -0.2) is 13.1 Å². The molecule has 0 aliphatic rings. The van der Waals surface area contributed by atoms with Crippen molar-refractivity contribution >= 4 is 5.69 Å². The van der Waals surface area contributed by atoms with Crippen LogP contribution in [0.25, 0.3) is 0 Å². The molecule has 0 saturated heterocycles. The Morgan fingerprint density at radius 3 is 2.00 bits per heavy atom. The van der Waals surface area contributed by atoms with E-state index in [4.69, 9.17) is 0 Å².